The standard InChI is InChI=1S/C16H18Cl2N2O4S/c1-11(16(22)20-7-9-25(23,24)10-8-20)19-15(21)6-5-12-13(17)3-2-4-14(12)18/h2-6,11H,7-10H2,1H3,(H,19,21)/b6-5+. The minimum Gasteiger partial charge on any atom is -0.341 e. The molecular weight excluding hydrogens is 387 g/mol. The van der Waals surface area contributed by atoms with E-state index in [0.717, 1.165) is 0 Å². The average Bonchev–Trinajstić information content (AvgIpc) is 2.53. The molecule has 1 aromatic rings. The Bertz CT molecular complexity index is 774. The van der Waals surface area contributed by atoms with Gasteiger partial charge < -0.3 is 10.2 Å². The third kappa shape index (κ3) is 5.45. The van der Waals surface area contributed by atoms with Gasteiger partial charge in [0.15, 0.2) is 9.84 Å². The maximum absolute atomic E-state index is 12.3. The lowest BCUT2D eigenvalue weighted by molar-refractivity contribution is -0.134. The molecule has 0 radical (unpaired) electrons. The summed E-state index contributed by atoms with van der Waals surface area (Å²) >= 11 is 12.0. The van der Waals surface area contributed by atoms with Crippen LogP contribution in [0.5, 0.6) is 0 Å². The predicted octanol–water partition coefficient (Wildman–Crippen LogP) is 1.77. The van der Waals surface area contributed by atoms with Crippen LogP contribution in [0.25, 0.3) is 6.08 Å². The first-order valence-corrected chi connectivity index (χ1v) is 10.2. The van der Waals surface area contributed by atoms with Crippen LogP contribution < -0.4 is 5.32 Å². The smallest absolute Gasteiger partial charge is 0.244 e. The van der Waals surface area contributed by atoms with Crippen LogP contribution in [0.1, 0.15) is 12.5 Å². The van der Waals surface area contributed by atoms with Crippen LogP contribution in [0, 0.1) is 0 Å². The number of nitrogens with one attached hydrogen (secondary N) is 1. The summed E-state index contributed by atoms with van der Waals surface area (Å²) in [4.78, 5) is 25.7. The van der Waals surface area contributed by atoms with Gasteiger partial charge >= 0.3 is 0 Å². The van der Waals surface area contributed by atoms with Crippen molar-refractivity contribution in [3.8, 4) is 0 Å². The molecule has 1 aromatic carbocycles. The SMILES string of the molecule is CC(NC(=O)/C=C/c1c(Cl)cccc1Cl)C(=O)N1CCS(=O)(=O)CC1. The molecule has 0 saturated carbocycles. The Morgan fingerprint density at radius 2 is 1.76 bits per heavy atom. The summed E-state index contributed by atoms with van der Waals surface area (Å²) in [5.74, 6) is -0.886. The van der Waals surface area contributed by atoms with E-state index in [2.05, 4.69) is 5.32 Å². The first kappa shape index (κ1) is 19.8. The van der Waals surface area contributed by atoms with Crippen LogP contribution in [0.4, 0.5) is 0 Å². The molecule has 1 aliphatic rings. The number of nitrogens with zero attached hydrogens (tertiary/aromatic N) is 1. The Morgan fingerprint density at radius 3 is 2.32 bits per heavy atom. The van der Waals surface area contributed by atoms with Crippen molar-refractivity contribution in [2.75, 3.05) is 24.6 Å². The van der Waals surface area contributed by atoms with E-state index in [-0.39, 0.29) is 30.5 Å². The van der Waals surface area contributed by atoms with Crippen LogP contribution >= 0.6 is 23.2 Å². The van der Waals surface area contributed by atoms with Crippen molar-refractivity contribution in [2.45, 2.75) is 13.0 Å². The number of carbonyl (C=O) groups excluding carboxylic acids is 2. The second kappa shape index (κ2) is 8.21. The van der Waals surface area contributed by atoms with E-state index in [1.807, 2.05) is 0 Å². The van der Waals surface area contributed by atoms with Crippen molar-refractivity contribution < 1.29 is 18.0 Å². The van der Waals surface area contributed by atoms with Crippen molar-refractivity contribution in [3.63, 3.8) is 0 Å². The Hall–Kier alpha value is -1.57. The van der Waals surface area contributed by atoms with Gasteiger partial charge in [-0.2, -0.15) is 0 Å². The topological polar surface area (TPSA) is 83.6 Å². The van der Waals surface area contributed by atoms with Gasteiger partial charge in [0.25, 0.3) is 0 Å². The zero-order chi connectivity index (χ0) is 18.6. The lowest BCUT2D eigenvalue weighted by Gasteiger charge is -2.29. The highest BCUT2D eigenvalue weighted by molar-refractivity contribution is 7.91. The number of hydrogen-bond acceptors (Lipinski definition) is 4. The summed E-state index contributed by atoms with van der Waals surface area (Å²) in [6, 6.07) is 4.24. The second-order valence-electron chi connectivity index (χ2n) is 5.68. The van der Waals surface area contributed by atoms with Crippen molar-refractivity contribution >= 4 is 50.9 Å². The number of benzene rings is 1. The Balaban J connectivity index is 1.94. The second-order valence-corrected chi connectivity index (χ2v) is 8.79. The Kier molecular flexibility index (Phi) is 6.48. The van der Waals surface area contributed by atoms with E-state index >= 15 is 0 Å². The van der Waals surface area contributed by atoms with Crippen LogP contribution in [0.15, 0.2) is 24.3 Å². The summed E-state index contributed by atoms with van der Waals surface area (Å²) < 4.78 is 22.8. The molecule has 6 nitrogen and oxygen atoms in total. The van der Waals surface area contributed by atoms with Gasteiger partial charge in [0.1, 0.15) is 6.04 Å². The molecular formula is C16H18Cl2N2O4S. The molecule has 1 heterocycles. The largest absolute Gasteiger partial charge is 0.341 e. The highest BCUT2D eigenvalue weighted by Gasteiger charge is 2.28. The fraction of sp³-hybridized carbons (Fsp3) is 0.375. The van der Waals surface area contributed by atoms with Gasteiger partial charge in [-0.3, -0.25) is 9.59 Å². The number of sulfone groups is 1. The van der Waals surface area contributed by atoms with E-state index in [9.17, 15) is 18.0 Å². The van der Waals surface area contributed by atoms with Crippen LogP contribution in [0.2, 0.25) is 10.0 Å². The number of halogens is 2. The lowest BCUT2D eigenvalue weighted by atomic mass is 10.2. The summed E-state index contributed by atoms with van der Waals surface area (Å²) in [5, 5.41) is 3.38. The zero-order valence-electron chi connectivity index (χ0n) is 13.5. The van der Waals surface area contributed by atoms with Gasteiger partial charge in [0, 0.05) is 34.8 Å². The molecule has 0 aromatic heterocycles. The number of rotatable bonds is 4. The van der Waals surface area contributed by atoms with Gasteiger partial charge in [0.2, 0.25) is 11.8 Å². The maximum atomic E-state index is 12.3. The van der Waals surface area contributed by atoms with Gasteiger partial charge in [0.05, 0.1) is 11.5 Å². The molecule has 0 spiro atoms. The lowest BCUT2D eigenvalue weighted by Crippen LogP contribution is -2.51. The van der Waals surface area contributed by atoms with Gasteiger partial charge in [-0.05, 0) is 25.1 Å². The number of amides is 2. The summed E-state index contributed by atoms with van der Waals surface area (Å²) in [6.45, 7) is 1.85. The highest BCUT2D eigenvalue weighted by Crippen LogP contribution is 2.25. The third-order valence-corrected chi connectivity index (χ3v) is 6.05. The highest BCUT2D eigenvalue weighted by atomic mass is 35.5. The molecule has 136 valence electrons. The third-order valence-electron chi connectivity index (χ3n) is 3.79. The maximum Gasteiger partial charge on any atom is 0.244 e. The van der Waals surface area contributed by atoms with Crippen LogP contribution in [0.3, 0.4) is 0 Å². The quantitative estimate of drug-likeness (QED) is 0.774. The first-order valence-electron chi connectivity index (χ1n) is 7.61. The molecule has 25 heavy (non-hydrogen) atoms. The molecule has 2 rings (SSSR count). The summed E-state index contributed by atoms with van der Waals surface area (Å²) in [5.41, 5.74) is 0.515. The Morgan fingerprint density at radius 1 is 1.20 bits per heavy atom. The molecule has 0 aliphatic carbocycles. The molecule has 0 bridgehead atoms. The Labute approximate surface area is 156 Å². The van der Waals surface area contributed by atoms with E-state index in [1.165, 1.54) is 17.1 Å². The first-order chi connectivity index (χ1) is 11.7. The van der Waals surface area contributed by atoms with Crippen molar-refractivity contribution in [1.29, 1.82) is 0 Å². The van der Waals surface area contributed by atoms with E-state index in [1.54, 1.807) is 25.1 Å². The van der Waals surface area contributed by atoms with Gasteiger partial charge in [-0.1, -0.05) is 29.3 Å². The molecule has 1 saturated heterocycles. The minimum absolute atomic E-state index is 0.0513. The fourth-order valence-corrected chi connectivity index (χ4v) is 4.08. The van der Waals surface area contributed by atoms with Crippen LogP contribution in [-0.4, -0.2) is 55.8 Å². The molecule has 1 N–H and O–H groups in total. The van der Waals surface area contributed by atoms with E-state index < -0.39 is 21.8 Å². The number of hydrogen-bond donors (Lipinski definition) is 1. The molecule has 1 aliphatic heterocycles. The molecule has 9 heteroatoms. The molecule has 1 fully saturated rings. The van der Waals surface area contributed by atoms with Crippen molar-refractivity contribution in [2.24, 2.45) is 0 Å². The van der Waals surface area contributed by atoms with Gasteiger partial charge in [-0.15, -0.1) is 0 Å². The van der Waals surface area contributed by atoms with Gasteiger partial charge in [-0.25, -0.2) is 8.42 Å². The van der Waals surface area contributed by atoms with E-state index in [0.29, 0.717) is 15.6 Å². The van der Waals surface area contributed by atoms with Crippen molar-refractivity contribution in [3.05, 3.63) is 39.9 Å². The molecule has 1 atom stereocenters. The normalized spacial score (nSPS) is 18.1. The predicted molar refractivity (Wildman–Crippen MR) is 98.3 cm³/mol. The summed E-state index contributed by atoms with van der Waals surface area (Å²) in [6.07, 6.45) is 2.72. The minimum atomic E-state index is -3.06. The average molecular weight is 405 g/mol. The molecule has 1 unspecified atom stereocenters. The monoisotopic (exact) mass is 404 g/mol. The number of carbonyl (C=O) groups is 2. The van der Waals surface area contributed by atoms with Crippen molar-refractivity contribution in [1.82, 2.24) is 10.2 Å². The van der Waals surface area contributed by atoms with E-state index in [4.69, 9.17) is 23.2 Å². The molecule has 2 amide bonds. The zero-order valence-corrected chi connectivity index (χ0v) is 15.9. The van der Waals surface area contributed by atoms with Crippen LogP contribution in [-0.2, 0) is 19.4 Å². The summed E-state index contributed by atoms with van der Waals surface area (Å²) in [7, 11) is -3.06. The fourth-order valence-electron chi connectivity index (χ4n) is 2.36.